The highest BCUT2D eigenvalue weighted by Gasteiger charge is 2.48. The number of rotatable bonds is 4. The van der Waals surface area contributed by atoms with Crippen LogP contribution in [0.3, 0.4) is 0 Å². The van der Waals surface area contributed by atoms with Gasteiger partial charge in [-0.25, -0.2) is 34.1 Å². The van der Waals surface area contributed by atoms with Gasteiger partial charge in [-0.3, -0.25) is 0 Å². The molecule has 9 nitrogen and oxygen atoms in total. The second kappa shape index (κ2) is 5.43. The van der Waals surface area contributed by atoms with Crippen LogP contribution < -0.4 is 10.0 Å². The van der Waals surface area contributed by atoms with Crippen molar-refractivity contribution in [3.05, 3.63) is 36.4 Å². The Hall–Kier alpha value is -2.39. The molecule has 2 atom stereocenters. The summed E-state index contributed by atoms with van der Waals surface area (Å²) in [5.74, 6) is 1.24. The van der Waals surface area contributed by atoms with E-state index in [9.17, 15) is 15.0 Å². The zero-order valence-electron chi connectivity index (χ0n) is 12.4. The third kappa shape index (κ3) is 1.97. The van der Waals surface area contributed by atoms with E-state index in [4.69, 9.17) is 0 Å². The van der Waals surface area contributed by atoms with Crippen molar-refractivity contribution in [2.24, 2.45) is 0 Å². The van der Waals surface area contributed by atoms with E-state index >= 15 is 0 Å². The lowest BCUT2D eigenvalue weighted by Crippen LogP contribution is -2.48. The zero-order chi connectivity index (χ0) is 15.9. The Bertz CT molecular complexity index is 625. The Morgan fingerprint density at radius 1 is 0.955 bits per heavy atom. The molecule has 0 unspecified atom stereocenters. The van der Waals surface area contributed by atoms with Gasteiger partial charge in [0, 0.05) is 24.8 Å². The molecule has 1 saturated heterocycles. The summed E-state index contributed by atoms with van der Waals surface area (Å²) >= 11 is 0. The summed E-state index contributed by atoms with van der Waals surface area (Å²) in [6.45, 7) is 2.97. The van der Waals surface area contributed by atoms with Crippen LogP contribution in [0, 0.1) is 13.8 Å². The monoisotopic (exact) mass is 306 g/mol. The Kier molecular flexibility index (Phi) is 3.59. The van der Waals surface area contributed by atoms with E-state index in [1.165, 1.54) is 10.0 Å². The number of aliphatic hydroxyl groups excluding tert-OH is 2. The van der Waals surface area contributed by atoms with E-state index in [2.05, 4.69) is 9.97 Å². The topological polar surface area (TPSA) is 99.7 Å². The first-order valence-electron chi connectivity index (χ1n) is 6.94. The van der Waals surface area contributed by atoms with Gasteiger partial charge in [0.25, 0.3) is 0 Å². The molecular weight excluding hydrogens is 288 g/mol. The number of aryl methyl sites for hydroxylation is 2. The molecule has 0 saturated carbocycles. The smallest absolute Gasteiger partial charge is 0.359 e. The first kappa shape index (κ1) is 14.5. The van der Waals surface area contributed by atoms with Crippen molar-refractivity contribution >= 4 is 6.03 Å². The van der Waals surface area contributed by atoms with E-state index < -0.39 is 12.1 Å². The predicted molar refractivity (Wildman–Crippen MR) is 77.5 cm³/mol. The van der Waals surface area contributed by atoms with Gasteiger partial charge < -0.3 is 10.2 Å². The maximum Gasteiger partial charge on any atom is 0.359 e. The first-order chi connectivity index (χ1) is 10.6. The summed E-state index contributed by atoms with van der Waals surface area (Å²) in [5, 5.41) is 22.3. The third-order valence-corrected chi connectivity index (χ3v) is 3.90. The number of carbonyl (C=O) groups is 1. The maximum atomic E-state index is 12.9. The number of amides is 2. The van der Waals surface area contributed by atoms with Crippen LogP contribution in [0.25, 0.3) is 0 Å². The van der Waals surface area contributed by atoms with E-state index in [-0.39, 0.29) is 19.2 Å². The van der Waals surface area contributed by atoms with Crippen molar-refractivity contribution in [2.75, 3.05) is 23.2 Å². The van der Waals surface area contributed by atoms with Gasteiger partial charge in [-0.05, 0) is 13.8 Å². The molecule has 1 aliphatic rings. The van der Waals surface area contributed by atoms with E-state index in [0.717, 1.165) is 0 Å². The molecular formula is C13H18N6O3. The molecule has 0 aromatic carbocycles. The Labute approximate surface area is 127 Å². The second-order valence-corrected chi connectivity index (χ2v) is 5.11. The van der Waals surface area contributed by atoms with Gasteiger partial charge in [-0.2, -0.15) is 0 Å². The fraction of sp³-hybridized carbons (Fsp3) is 0.462. The van der Waals surface area contributed by atoms with Crippen LogP contribution in [0.15, 0.2) is 24.8 Å². The molecule has 118 valence electrons. The standard InChI is InChI=1S/C13H18N6O3/c1-9-14-3-5-16(9)18-11(7-20)12(8-21)19(13(18)22)17-6-4-15-10(17)2/h3-6,11-12,20-21H,7-8H2,1-2H3/t11-,12-/m1/s1. The van der Waals surface area contributed by atoms with Crippen LogP contribution in [0.1, 0.15) is 11.6 Å². The van der Waals surface area contributed by atoms with Gasteiger partial charge >= 0.3 is 6.03 Å². The lowest BCUT2D eigenvalue weighted by atomic mass is 10.1. The molecule has 2 N–H and O–H groups in total. The van der Waals surface area contributed by atoms with Crippen molar-refractivity contribution < 1.29 is 15.0 Å². The highest BCUT2D eigenvalue weighted by molar-refractivity contribution is 5.97. The molecule has 2 amide bonds. The van der Waals surface area contributed by atoms with E-state index in [1.807, 2.05) is 0 Å². The van der Waals surface area contributed by atoms with Crippen LogP contribution in [0.4, 0.5) is 4.79 Å². The van der Waals surface area contributed by atoms with Crippen LogP contribution in [-0.2, 0) is 0 Å². The molecule has 9 heteroatoms. The average Bonchev–Trinajstić information content (AvgIpc) is 3.16. The van der Waals surface area contributed by atoms with Crippen LogP contribution >= 0.6 is 0 Å². The summed E-state index contributed by atoms with van der Waals surface area (Å²) in [6, 6.07) is -1.54. The van der Waals surface area contributed by atoms with Gasteiger partial charge in [-0.1, -0.05) is 0 Å². The number of imidazole rings is 2. The lowest BCUT2D eigenvalue weighted by Gasteiger charge is -2.25. The minimum absolute atomic E-state index is 0.279. The fourth-order valence-corrected chi connectivity index (χ4v) is 2.81. The van der Waals surface area contributed by atoms with E-state index in [1.54, 1.807) is 48.0 Å². The molecule has 3 heterocycles. The minimum Gasteiger partial charge on any atom is -0.394 e. The largest absolute Gasteiger partial charge is 0.394 e. The van der Waals surface area contributed by atoms with Crippen molar-refractivity contribution in [2.45, 2.75) is 25.9 Å². The van der Waals surface area contributed by atoms with Gasteiger partial charge in [0.15, 0.2) is 0 Å². The lowest BCUT2D eigenvalue weighted by molar-refractivity contribution is 0.195. The van der Waals surface area contributed by atoms with Crippen LogP contribution in [-0.4, -0.2) is 60.9 Å². The fourth-order valence-electron chi connectivity index (χ4n) is 2.81. The molecule has 0 bridgehead atoms. The summed E-state index contributed by atoms with van der Waals surface area (Å²) < 4.78 is 3.16. The summed E-state index contributed by atoms with van der Waals surface area (Å²) in [6.07, 6.45) is 6.45. The molecule has 0 aliphatic carbocycles. The highest BCUT2D eigenvalue weighted by atomic mass is 16.3. The van der Waals surface area contributed by atoms with Gasteiger partial charge in [0.1, 0.15) is 23.7 Å². The predicted octanol–water partition coefficient (Wildman–Crippen LogP) is -0.872. The second-order valence-electron chi connectivity index (χ2n) is 5.11. The summed E-state index contributed by atoms with van der Waals surface area (Å²) in [4.78, 5) is 21.1. The molecule has 0 spiro atoms. The average molecular weight is 306 g/mol. The Balaban J connectivity index is 2.08. The Morgan fingerprint density at radius 3 is 1.64 bits per heavy atom. The van der Waals surface area contributed by atoms with Crippen LogP contribution in [0.2, 0.25) is 0 Å². The highest BCUT2D eigenvalue weighted by Crippen LogP contribution is 2.22. The molecule has 1 aliphatic heterocycles. The summed E-state index contributed by atoms with van der Waals surface area (Å²) in [7, 11) is 0. The molecule has 2 aromatic rings. The number of hydrogen-bond donors (Lipinski definition) is 2. The molecule has 3 rings (SSSR count). The number of urea groups is 1. The molecule has 1 fully saturated rings. The number of nitrogens with zero attached hydrogens (tertiary/aromatic N) is 6. The Morgan fingerprint density at radius 2 is 1.36 bits per heavy atom. The maximum absolute atomic E-state index is 12.9. The minimum atomic E-state index is -0.591. The molecule has 0 radical (unpaired) electrons. The quantitative estimate of drug-likeness (QED) is 0.765. The molecule has 2 aromatic heterocycles. The number of carbonyl (C=O) groups excluding carboxylic acids is 1. The van der Waals surface area contributed by atoms with Crippen molar-refractivity contribution in [1.82, 2.24) is 19.3 Å². The zero-order valence-corrected chi connectivity index (χ0v) is 12.4. The van der Waals surface area contributed by atoms with Crippen molar-refractivity contribution in [3.63, 3.8) is 0 Å². The first-order valence-corrected chi connectivity index (χ1v) is 6.94. The number of aromatic nitrogens is 4. The van der Waals surface area contributed by atoms with Crippen molar-refractivity contribution in [1.29, 1.82) is 0 Å². The number of aliphatic hydroxyl groups is 2. The SMILES string of the molecule is Cc1nccn1N1C(=O)N(n2ccnc2C)[C@H](CO)[C@H]1CO. The van der Waals surface area contributed by atoms with Crippen LogP contribution in [0.5, 0.6) is 0 Å². The third-order valence-electron chi connectivity index (χ3n) is 3.90. The van der Waals surface area contributed by atoms with E-state index in [0.29, 0.717) is 11.6 Å². The van der Waals surface area contributed by atoms with Gasteiger partial charge in [0.05, 0.1) is 13.2 Å². The summed E-state index contributed by atoms with van der Waals surface area (Å²) in [5.41, 5.74) is 0. The van der Waals surface area contributed by atoms with Gasteiger partial charge in [0.2, 0.25) is 0 Å². The normalized spacial score (nSPS) is 21.9. The van der Waals surface area contributed by atoms with Gasteiger partial charge in [-0.15, -0.1) is 0 Å². The molecule has 22 heavy (non-hydrogen) atoms. The number of hydrogen-bond acceptors (Lipinski definition) is 5. The van der Waals surface area contributed by atoms with Crippen molar-refractivity contribution in [3.8, 4) is 0 Å².